The van der Waals surface area contributed by atoms with Crippen molar-refractivity contribution in [2.75, 3.05) is 6.54 Å². The Hall–Kier alpha value is -2.07. The second-order valence-corrected chi connectivity index (χ2v) is 6.21. The molecule has 6 nitrogen and oxygen atoms in total. The summed E-state index contributed by atoms with van der Waals surface area (Å²) in [5.41, 5.74) is 0.481. The molecule has 112 valence electrons. The fourth-order valence-electron chi connectivity index (χ4n) is 1.33. The summed E-state index contributed by atoms with van der Waals surface area (Å²) in [4.78, 5) is 27.5. The molecule has 0 aromatic carbocycles. The van der Waals surface area contributed by atoms with Crippen molar-refractivity contribution >= 4 is 23.7 Å². The molecule has 0 saturated heterocycles. The summed E-state index contributed by atoms with van der Waals surface area (Å²) < 4.78 is 0. The molecule has 3 amide bonds. The van der Waals surface area contributed by atoms with Crippen LogP contribution in [0, 0.1) is 17.2 Å². The van der Waals surface area contributed by atoms with Gasteiger partial charge in [0.1, 0.15) is 0 Å². The number of rotatable bonds is 5. The standard InChI is InChI=1S/C14H18N4O2S/c1-9(2)8-17-14(20)18-13(19)10(3)21-12-6-11(7-15)4-5-16-12/h4-6,9-10H,8H2,1-3H3,(H2,17,18,19,20). The Bertz CT molecular complexity index is 554. The average Bonchev–Trinajstić information content (AvgIpc) is 2.45. The molecule has 1 atom stereocenters. The minimum Gasteiger partial charge on any atom is -0.338 e. The first-order chi connectivity index (χ1) is 9.92. The van der Waals surface area contributed by atoms with Gasteiger partial charge in [0.15, 0.2) is 0 Å². The van der Waals surface area contributed by atoms with Gasteiger partial charge < -0.3 is 5.32 Å². The van der Waals surface area contributed by atoms with Crippen LogP contribution >= 0.6 is 11.8 Å². The molecule has 0 saturated carbocycles. The number of pyridine rings is 1. The summed E-state index contributed by atoms with van der Waals surface area (Å²) >= 11 is 1.19. The van der Waals surface area contributed by atoms with E-state index in [-0.39, 0.29) is 0 Å². The maximum Gasteiger partial charge on any atom is 0.321 e. The van der Waals surface area contributed by atoms with E-state index < -0.39 is 17.2 Å². The summed E-state index contributed by atoms with van der Waals surface area (Å²) in [5.74, 6) is -0.0824. The van der Waals surface area contributed by atoms with Crippen molar-refractivity contribution < 1.29 is 9.59 Å². The first kappa shape index (κ1) is 17.0. The molecular weight excluding hydrogens is 288 g/mol. The number of nitrogens with zero attached hydrogens (tertiary/aromatic N) is 2. The highest BCUT2D eigenvalue weighted by molar-refractivity contribution is 8.00. The molecule has 7 heteroatoms. The molecule has 0 radical (unpaired) electrons. The number of aromatic nitrogens is 1. The van der Waals surface area contributed by atoms with Gasteiger partial charge in [0, 0.05) is 12.7 Å². The normalized spacial score (nSPS) is 11.6. The summed E-state index contributed by atoms with van der Waals surface area (Å²) in [7, 11) is 0. The Labute approximate surface area is 128 Å². The van der Waals surface area contributed by atoms with E-state index in [0.29, 0.717) is 23.1 Å². The van der Waals surface area contributed by atoms with E-state index in [0.717, 1.165) is 0 Å². The maximum absolute atomic E-state index is 11.9. The fourth-order valence-corrected chi connectivity index (χ4v) is 2.18. The van der Waals surface area contributed by atoms with E-state index in [1.165, 1.54) is 18.0 Å². The van der Waals surface area contributed by atoms with E-state index in [2.05, 4.69) is 15.6 Å². The molecule has 0 fully saturated rings. The van der Waals surface area contributed by atoms with Gasteiger partial charge in [-0.25, -0.2) is 9.78 Å². The summed E-state index contributed by atoms with van der Waals surface area (Å²) in [6.07, 6.45) is 1.51. The van der Waals surface area contributed by atoms with Gasteiger partial charge in [0.25, 0.3) is 0 Å². The summed E-state index contributed by atoms with van der Waals surface area (Å²) in [5, 5.41) is 13.8. The number of thioether (sulfide) groups is 1. The zero-order chi connectivity index (χ0) is 15.8. The Morgan fingerprint density at radius 1 is 1.43 bits per heavy atom. The Morgan fingerprint density at radius 3 is 2.76 bits per heavy atom. The lowest BCUT2D eigenvalue weighted by Crippen LogP contribution is -2.43. The second kappa shape index (κ2) is 8.27. The molecule has 21 heavy (non-hydrogen) atoms. The molecule has 0 aliphatic rings. The Morgan fingerprint density at radius 2 is 2.14 bits per heavy atom. The topological polar surface area (TPSA) is 94.9 Å². The molecule has 1 heterocycles. The molecule has 1 aromatic rings. The third-order valence-electron chi connectivity index (χ3n) is 2.44. The highest BCUT2D eigenvalue weighted by atomic mass is 32.2. The Balaban J connectivity index is 2.51. The van der Waals surface area contributed by atoms with Crippen LogP contribution < -0.4 is 10.6 Å². The average molecular weight is 306 g/mol. The van der Waals surface area contributed by atoms with Crippen LogP contribution in [0.25, 0.3) is 0 Å². The number of amides is 3. The van der Waals surface area contributed by atoms with Crippen LogP contribution in [0.2, 0.25) is 0 Å². The zero-order valence-electron chi connectivity index (χ0n) is 12.2. The molecule has 0 bridgehead atoms. The van der Waals surface area contributed by atoms with Crippen molar-refractivity contribution in [2.24, 2.45) is 5.92 Å². The van der Waals surface area contributed by atoms with Crippen LogP contribution in [-0.2, 0) is 4.79 Å². The first-order valence-electron chi connectivity index (χ1n) is 6.54. The van der Waals surface area contributed by atoms with Gasteiger partial charge in [-0.3, -0.25) is 10.1 Å². The van der Waals surface area contributed by atoms with Crippen LogP contribution in [0.5, 0.6) is 0 Å². The summed E-state index contributed by atoms with van der Waals surface area (Å²) in [6.45, 7) is 6.12. The number of nitrogens with one attached hydrogen (secondary N) is 2. The van der Waals surface area contributed by atoms with E-state index >= 15 is 0 Å². The van der Waals surface area contributed by atoms with Crippen LogP contribution in [0.4, 0.5) is 4.79 Å². The van der Waals surface area contributed by atoms with Gasteiger partial charge in [0.05, 0.1) is 21.9 Å². The molecule has 0 spiro atoms. The van der Waals surface area contributed by atoms with Crippen molar-refractivity contribution in [3.63, 3.8) is 0 Å². The predicted molar refractivity (Wildman–Crippen MR) is 80.7 cm³/mol. The van der Waals surface area contributed by atoms with Crippen LogP contribution in [-0.4, -0.2) is 28.7 Å². The lowest BCUT2D eigenvalue weighted by atomic mass is 10.2. The Kier molecular flexibility index (Phi) is 6.69. The van der Waals surface area contributed by atoms with Crippen LogP contribution in [0.1, 0.15) is 26.3 Å². The SMILES string of the molecule is CC(C)CNC(=O)NC(=O)C(C)Sc1cc(C#N)ccn1. The van der Waals surface area contributed by atoms with Crippen molar-refractivity contribution in [2.45, 2.75) is 31.0 Å². The van der Waals surface area contributed by atoms with Gasteiger partial charge in [-0.15, -0.1) is 0 Å². The van der Waals surface area contributed by atoms with Crippen molar-refractivity contribution in [3.8, 4) is 6.07 Å². The van der Waals surface area contributed by atoms with Crippen LogP contribution in [0.3, 0.4) is 0 Å². The van der Waals surface area contributed by atoms with E-state index in [9.17, 15) is 9.59 Å². The lowest BCUT2D eigenvalue weighted by Gasteiger charge is -2.12. The van der Waals surface area contributed by atoms with Gasteiger partial charge in [-0.1, -0.05) is 25.6 Å². The monoisotopic (exact) mass is 306 g/mol. The molecule has 0 aliphatic carbocycles. The first-order valence-corrected chi connectivity index (χ1v) is 7.42. The minimum absolute atomic E-state index is 0.315. The largest absolute Gasteiger partial charge is 0.338 e. The molecule has 1 rings (SSSR count). The number of carbonyl (C=O) groups excluding carboxylic acids is 2. The number of hydrogen-bond donors (Lipinski definition) is 2. The number of nitriles is 1. The van der Waals surface area contributed by atoms with E-state index in [4.69, 9.17) is 5.26 Å². The lowest BCUT2D eigenvalue weighted by molar-refractivity contribution is -0.119. The molecular formula is C14H18N4O2S. The van der Waals surface area contributed by atoms with Crippen molar-refractivity contribution in [1.29, 1.82) is 5.26 Å². The third-order valence-corrected chi connectivity index (χ3v) is 3.47. The highest BCUT2D eigenvalue weighted by Gasteiger charge is 2.17. The predicted octanol–water partition coefficient (Wildman–Crippen LogP) is 1.92. The van der Waals surface area contributed by atoms with Crippen molar-refractivity contribution in [3.05, 3.63) is 23.9 Å². The quantitative estimate of drug-likeness (QED) is 0.810. The smallest absolute Gasteiger partial charge is 0.321 e. The number of imide groups is 1. The molecule has 2 N–H and O–H groups in total. The zero-order valence-corrected chi connectivity index (χ0v) is 13.0. The third kappa shape index (κ3) is 6.27. The molecule has 1 unspecified atom stereocenters. The van der Waals surface area contributed by atoms with Crippen molar-refractivity contribution in [1.82, 2.24) is 15.6 Å². The fraction of sp³-hybridized carbons (Fsp3) is 0.429. The number of carbonyl (C=O) groups is 2. The van der Waals surface area contributed by atoms with E-state index in [1.807, 2.05) is 19.9 Å². The van der Waals surface area contributed by atoms with Gasteiger partial charge in [0.2, 0.25) is 5.91 Å². The second-order valence-electron chi connectivity index (χ2n) is 4.85. The highest BCUT2D eigenvalue weighted by Crippen LogP contribution is 2.21. The van der Waals surface area contributed by atoms with Gasteiger partial charge in [-0.2, -0.15) is 5.26 Å². The van der Waals surface area contributed by atoms with Crippen LogP contribution in [0.15, 0.2) is 23.4 Å². The maximum atomic E-state index is 11.9. The van der Waals surface area contributed by atoms with E-state index in [1.54, 1.807) is 19.1 Å². The molecule has 0 aliphatic heterocycles. The molecule has 1 aromatic heterocycles. The summed E-state index contributed by atoms with van der Waals surface area (Å²) in [6, 6.07) is 4.71. The van der Waals surface area contributed by atoms with Gasteiger partial charge in [-0.05, 0) is 25.0 Å². The van der Waals surface area contributed by atoms with Gasteiger partial charge >= 0.3 is 6.03 Å². The number of urea groups is 1. The number of hydrogen-bond acceptors (Lipinski definition) is 5. The minimum atomic E-state index is -0.500.